The third-order valence-corrected chi connectivity index (χ3v) is 4.73. The van der Waals surface area contributed by atoms with Crippen molar-refractivity contribution in [2.45, 2.75) is 6.04 Å². The highest BCUT2D eigenvalue weighted by Gasteiger charge is 2.22. The van der Waals surface area contributed by atoms with Crippen LogP contribution in [-0.2, 0) is 9.84 Å². The molecule has 3 rings (SSSR count). The van der Waals surface area contributed by atoms with Crippen molar-refractivity contribution in [3.8, 4) is 0 Å². The van der Waals surface area contributed by atoms with Gasteiger partial charge in [0.25, 0.3) is 0 Å². The second-order valence-electron chi connectivity index (χ2n) is 3.77. The van der Waals surface area contributed by atoms with Crippen LogP contribution in [0, 0.1) is 0 Å². The number of aromatic nitrogens is 2. The molecule has 0 bridgehead atoms. The number of rotatable bonds is 2. The van der Waals surface area contributed by atoms with Gasteiger partial charge in [0.15, 0.2) is 9.84 Å². The Morgan fingerprint density at radius 3 is 3.06 bits per heavy atom. The van der Waals surface area contributed by atoms with Crippen molar-refractivity contribution in [3.63, 3.8) is 0 Å². The Morgan fingerprint density at radius 1 is 1.41 bits per heavy atom. The molecule has 1 aliphatic heterocycles. The lowest BCUT2D eigenvalue weighted by Gasteiger charge is -2.10. The maximum absolute atomic E-state index is 11.3. The minimum Gasteiger partial charge on any atom is -0.362 e. The second kappa shape index (κ2) is 3.78. The fourth-order valence-corrected chi connectivity index (χ4v) is 3.71. The van der Waals surface area contributed by atoms with E-state index in [0.29, 0.717) is 5.82 Å². The van der Waals surface area contributed by atoms with Crippen LogP contribution in [0.3, 0.4) is 0 Å². The van der Waals surface area contributed by atoms with Crippen LogP contribution in [0.5, 0.6) is 0 Å². The minimum absolute atomic E-state index is 0.0859. The average molecular weight is 267 g/mol. The van der Waals surface area contributed by atoms with Crippen LogP contribution in [-0.4, -0.2) is 30.2 Å². The summed E-state index contributed by atoms with van der Waals surface area (Å²) in [5.74, 6) is 0.769. The molecule has 0 unspecified atom stereocenters. The Hall–Kier alpha value is -1.47. The molecule has 3 heterocycles. The van der Waals surface area contributed by atoms with Crippen LogP contribution in [0.2, 0.25) is 0 Å². The molecule has 0 radical (unpaired) electrons. The van der Waals surface area contributed by atoms with Gasteiger partial charge in [-0.1, -0.05) is 0 Å². The fraction of sp³-hybridized carbons (Fsp3) is 0.200. The molecule has 1 aliphatic rings. The second-order valence-corrected chi connectivity index (χ2v) is 6.60. The molecule has 17 heavy (non-hydrogen) atoms. The Labute approximate surface area is 102 Å². The Balaban J connectivity index is 1.91. The first-order valence-corrected chi connectivity index (χ1v) is 7.59. The number of nitrogens with zero attached hydrogens (tertiary/aromatic N) is 2. The number of fused-ring (bicyclic) bond motifs is 1. The van der Waals surface area contributed by atoms with Crippen molar-refractivity contribution in [1.29, 1.82) is 0 Å². The first-order chi connectivity index (χ1) is 8.14. The van der Waals surface area contributed by atoms with E-state index in [4.69, 9.17) is 0 Å². The Kier molecular flexibility index (Phi) is 2.37. The molecule has 5 nitrogen and oxygen atoms in total. The molecule has 1 atom stereocenters. The molecule has 1 N–H and O–H groups in total. The molecule has 2 aromatic rings. The van der Waals surface area contributed by atoms with E-state index in [9.17, 15) is 8.42 Å². The maximum Gasteiger partial charge on any atom is 0.173 e. The summed E-state index contributed by atoms with van der Waals surface area (Å²) < 4.78 is 22.6. The van der Waals surface area contributed by atoms with Crippen LogP contribution in [0.4, 0.5) is 5.82 Å². The summed E-state index contributed by atoms with van der Waals surface area (Å²) in [5.41, 5.74) is 0. The van der Waals surface area contributed by atoms with Gasteiger partial charge in [0, 0.05) is 5.41 Å². The van der Waals surface area contributed by atoms with Gasteiger partial charge in [0.05, 0.1) is 17.2 Å². The molecular weight excluding hydrogens is 258 g/mol. The maximum atomic E-state index is 11.3. The zero-order chi connectivity index (χ0) is 11.9. The number of hydrogen-bond donors (Lipinski definition) is 1. The number of sulfone groups is 1. The van der Waals surface area contributed by atoms with Crippen molar-refractivity contribution in [2.24, 2.45) is 0 Å². The van der Waals surface area contributed by atoms with Gasteiger partial charge in [-0.3, -0.25) is 0 Å². The van der Waals surface area contributed by atoms with Crippen LogP contribution < -0.4 is 5.32 Å². The van der Waals surface area contributed by atoms with E-state index >= 15 is 0 Å². The van der Waals surface area contributed by atoms with Crippen LogP contribution in [0.1, 0.15) is 0 Å². The van der Waals surface area contributed by atoms with E-state index < -0.39 is 9.84 Å². The van der Waals surface area contributed by atoms with E-state index in [2.05, 4.69) is 15.3 Å². The van der Waals surface area contributed by atoms with Crippen LogP contribution >= 0.6 is 11.3 Å². The summed E-state index contributed by atoms with van der Waals surface area (Å²) in [6, 6.07) is 1.72. The van der Waals surface area contributed by atoms with Crippen molar-refractivity contribution in [3.05, 3.63) is 29.3 Å². The summed E-state index contributed by atoms with van der Waals surface area (Å²) in [5, 5.41) is 7.22. The first kappa shape index (κ1) is 10.7. The predicted octanol–water partition coefficient (Wildman–Crippen LogP) is 1.41. The van der Waals surface area contributed by atoms with E-state index in [0.717, 1.165) is 10.2 Å². The molecular formula is C10H9N3O2S2. The van der Waals surface area contributed by atoms with E-state index in [-0.39, 0.29) is 11.8 Å². The van der Waals surface area contributed by atoms with Crippen molar-refractivity contribution >= 4 is 37.2 Å². The molecule has 2 aromatic heterocycles. The van der Waals surface area contributed by atoms with Crippen LogP contribution in [0.15, 0.2) is 29.3 Å². The van der Waals surface area contributed by atoms with Crippen molar-refractivity contribution in [1.82, 2.24) is 9.97 Å². The smallest absolute Gasteiger partial charge is 0.173 e. The average Bonchev–Trinajstić information content (AvgIpc) is 2.85. The summed E-state index contributed by atoms with van der Waals surface area (Å²) >= 11 is 1.53. The van der Waals surface area contributed by atoms with Gasteiger partial charge in [0.2, 0.25) is 0 Å². The molecule has 0 spiro atoms. The molecule has 0 amide bonds. The normalized spacial score (nSPS) is 22.0. The van der Waals surface area contributed by atoms with E-state index in [1.165, 1.54) is 23.1 Å². The van der Waals surface area contributed by atoms with Gasteiger partial charge in [0.1, 0.15) is 17.0 Å². The van der Waals surface area contributed by atoms with Crippen molar-refractivity contribution in [2.75, 3.05) is 11.1 Å². The third kappa shape index (κ3) is 2.03. The largest absolute Gasteiger partial charge is 0.362 e. The Morgan fingerprint density at radius 2 is 2.29 bits per heavy atom. The zero-order valence-electron chi connectivity index (χ0n) is 8.70. The number of nitrogens with one attached hydrogen (secondary N) is 1. The monoisotopic (exact) mass is 267 g/mol. The standard InChI is InChI=1S/C10H9N3O2S2/c14-17(15)4-2-7(5-17)13-9-8-1-3-16-10(8)12-6-11-9/h1-4,6-7H,5H2,(H,11,12,13)/t7-/m0/s1. The highest BCUT2D eigenvalue weighted by molar-refractivity contribution is 7.94. The molecule has 0 aromatic carbocycles. The quantitative estimate of drug-likeness (QED) is 0.890. The van der Waals surface area contributed by atoms with Crippen molar-refractivity contribution < 1.29 is 8.42 Å². The van der Waals surface area contributed by atoms with Crippen LogP contribution in [0.25, 0.3) is 10.2 Å². The fourth-order valence-electron chi connectivity index (χ4n) is 1.75. The summed E-state index contributed by atoms with van der Waals surface area (Å²) in [7, 11) is -3.04. The lowest BCUT2D eigenvalue weighted by Crippen LogP contribution is -2.21. The first-order valence-electron chi connectivity index (χ1n) is 5.00. The molecule has 0 saturated carbocycles. The Bertz CT molecular complexity index is 690. The minimum atomic E-state index is -3.04. The number of anilines is 1. The third-order valence-electron chi connectivity index (χ3n) is 2.51. The summed E-state index contributed by atoms with van der Waals surface area (Å²) in [6.07, 6.45) is 3.13. The molecule has 0 aliphatic carbocycles. The lowest BCUT2D eigenvalue weighted by atomic mass is 10.3. The highest BCUT2D eigenvalue weighted by atomic mass is 32.2. The van der Waals surface area contributed by atoms with Gasteiger partial charge in [-0.05, 0) is 17.5 Å². The van der Waals surface area contributed by atoms with E-state index in [1.807, 2.05) is 11.4 Å². The molecule has 88 valence electrons. The SMILES string of the molecule is O=S1(=O)C=C[C@H](Nc2ncnc3sccc23)C1. The van der Waals surface area contributed by atoms with Gasteiger partial charge in [-0.2, -0.15) is 0 Å². The predicted molar refractivity (Wildman–Crippen MR) is 67.8 cm³/mol. The van der Waals surface area contributed by atoms with Gasteiger partial charge in [-0.25, -0.2) is 18.4 Å². The molecule has 0 fully saturated rings. The summed E-state index contributed by atoms with van der Waals surface area (Å²) in [6.45, 7) is 0. The lowest BCUT2D eigenvalue weighted by molar-refractivity contribution is 0.605. The molecule has 7 heteroatoms. The number of thiophene rings is 1. The zero-order valence-corrected chi connectivity index (χ0v) is 10.3. The van der Waals surface area contributed by atoms with Gasteiger partial charge < -0.3 is 5.32 Å². The van der Waals surface area contributed by atoms with Gasteiger partial charge in [-0.15, -0.1) is 11.3 Å². The highest BCUT2D eigenvalue weighted by Crippen LogP contribution is 2.25. The molecule has 0 saturated heterocycles. The summed E-state index contributed by atoms with van der Waals surface area (Å²) in [4.78, 5) is 9.18. The topological polar surface area (TPSA) is 72.0 Å². The van der Waals surface area contributed by atoms with E-state index in [1.54, 1.807) is 6.08 Å². The van der Waals surface area contributed by atoms with Gasteiger partial charge >= 0.3 is 0 Å². The number of hydrogen-bond acceptors (Lipinski definition) is 6.